The van der Waals surface area contributed by atoms with E-state index in [9.17, 15) is 4.79 Å². The van der Waals surface area contributed by atoms with Crippen molar-refractivity contribution in [2.45, 2.75) is 13.1 Å². The number of nitrogens with zero attached hydrogens (tertiary/aromatic N) is 7. The van der Waals surface area contributed by atoms with Crippen LogP contribution in [0.1, 0.15) is 5.01 Å². The number of nitrogens with one attached hydrogen (secondary N) is 1. The van der Waals surface area contributed by atoms with Crippen molar-refractivity contribution in [1.29, 1.82) is 0 Å². The van der Waals surface area contributed by atoms with E-state index in [-0.39, 0.29) is 6.54 Å². The quantitative estimate of drug-likeness (QED) is 0.318. The maximum atomic E-state index is 10.9. The zero-order chi connectivity index (χ0) is 24.4. The molecular formula is C22H17ClN8O3S. The normalized spacial score (nSPS) is 11.0. The van der Waals surface area contributed by atoms with E-state index in [1.165, 1.54) is 10.9 Å². The van der Waals surface area contributed by atoms with Crippen molar-refractivity contribution in [2.24, 2.45) is 0 Å². The lowest BCUT2D eigenvalue weighted by Crippen LogP contribution is -2.08. The van der Waals surface area contributed by atoms with E-state index in [4.69, 9.17) is 21.4 Å². The number of fused-ring (bicyclic) bond motifs is 1. The summed E-state index contributed by atoms with van der Waals surface area (Å²) >= 11 is 8.01. The van der Waals surface area contributed by atoms with Gasteiger partial charge in [-0.3, -0.25) is 4.79 Å². The molecule has 3 heterocycles. The van der Waals surface area contributed by atoms with Crippen molar-refractivity contribution in [2.75, 3.05) is 12.4 Å². The van der Waals surface area contributed by atoms with Crippen molar-refractivity contribution < 1.29 is 14.6 Å². The molecule has 176 valence electrons. The number of thiazole rings is 1. The minimum absolute atomic E-state index is 0.277. The zero-order valence-electron chi connectivity index (χ0n) is 18.2. The third-order valence-electron chi connectivity index (χ3n) is 4.97. The number of aliphatic carboxylic acids is 1. The van der Waals surface area contributed by atoms with E-state index in [1.807, 2.05) is 18.2 Å². The Labute approximate surface area is 207 Å². The second-order valence-electron chi connectivity index (χ2n) is 7.35. The fraction of sp³-hybridized carbons (Fsp3) is 0.136. The molecule has 0 spiro atoms. The van der Waals surface area contributed by atoms with Crippen molar-refractivity contribution in [3.63, 3.8) is 0 Å². The topological polar surface area (TPSA) is 141 Å². The van der Waals surface area contributed by atoms with Gasteiger partial charge >= 0.3 is 5.97 Å². The van der Waals surface area contributed by atoms with Gasteiger partial charge in [0.25, 0.3) is 0 Å². The molecule has 0 saturated carbocycles. The Hall–Kier alpha value is -4.16. The van der Waals surface area contributed by atoms with Gasteiger partial charge in [-0.2, -0.15) is 5.10 Å². The number of carbonyl (C=O) groups is 1. The lowest BCUT2D eigenvalue weighted by atomic mass is 10.1. The van der Waals surface area contributed by atoms with Gasteiger partial charge in [-0.1, -0.05) is 22.9 Å². The van der Waals surface area contributed by atoms with Crippen LogP contribution in [0, 0.1) is 0 Å². The lowest BCUT2D eigenvalue weighted by Gasteiger charge is -2.07. The van der Waals surface area contributed by atoms with Crippen LogP contribution in [0.4, 0.5) is 5.95 Å². The summed E-state index contributed by atoms with van der Waals surface area (Å²) in [7, 11) is 1.62. The van der Waals surface area contributed by atoms with Crippen LogP contribution >= 0.6 is 22.9 Å². The number of hydrogen-bond acceptors (Lipinski definition) is 10. The standard InChI is InChI=1S/C22H17ClN8O3S/c1-34-13-3-5-19-16(7-13)26-20(35-19)9-24-22-27-17(8-25-29-22)14-6-12(2-4-15(14)23)18-10-31(30-28-18)11-21(32)33/h2-8,10H,9,11H2,1H3,(H,32,33)(H,24,27,29). The summed E-state index contributed by atoms with van der Waals surface area (Å²) in [6.45, 7) is 0.147. The number of hydrogen-bond donors (Lipinski definition) is 2. The van der Waals surface area contributed by atoms with E-state index < -0.39 is 5.97 Å². The first-order valence-electron chi connectivity index (χ1n) is 10.3. The van der Waals surface area contributed by atoms with Crippen LogP contribution in [0.3, 0.4) is 0 Å². The van der Waals surface area contributed by atoms with Gasteiger partial charge in [0.2, 0.25) is 5.95 Å². The molecule has 0 unspecified atom stereocenters. The molecular weight excluding hydrogens is 492 g/mol. The minimum Gasteiger partial charge on any atom is -0.497 e. The summed E-state index contributed by atoms with van der Waals surface area (Å²) in [6, 6.07) is 11.1. The highest BCUT2D eigenvalue weighted by Gasteiger charge is 2.13. The predicted octanol–water partition coefficient (Wildman–Crippen LogP) is 3.77. The molecule has 0 atom stereocenters. The Bertz CT molecular complexity index is 1540. The SMILES string of the molecule is COc1ccc2sc(CNc3nncc(-c4cc(-c5cn(CC(=O)O)nn5)ccc4Cl)n3)nc2c1. The smallest absolute Gasteiger partial charge is 0.325 e. The average molecular weight is 509 g/mol. The van der Waals surface area contributed by atoms with Gasteiger partial charge < -0.3 is 15.2 Å². The maximum absolute atomic E-state index is 10.9. The molecule has 2 N–H and O–H groups in total. The van der Waals surface area contributed by atoms with Gasteiger partial charge in [-0.15, -0.1) is 21.5 Å². The number of ether oxygens (including phenoxy) is 1. The highest BCUT2D eigenvalue weighted by atomic mass is 35.5. The highest BCUT2D eigenvalue weighted by Crippen LogP contribution is 2.31. The van der Waals surface area contributed by atoms with Crippen LogP contribution < -0.4 is 10.1 Å². The third kappa shape index (κ3) is 5.03. The molecule has 3 aromatic heterocycles. The Kier molecular flexibility index (Phi) is 6.21. The molecule has 13 heteroatoms. The second kappa shape index (κ2) is 9.60. The molecule has 0 aliphatic rings. The average Bonchev–Trinajstić information content (AvgIpc) is 3.49. The van der Waals surface area contributed by atoms with E-state index in [0.29, 0.717) is 40.0 Å². The number of carboxylic acids is 1. The van der Waals surface area contributed by atoms with E-state index >= 15 is 0 Å². The van der Waals surface area contributed by atoms with Crippen LogP contribution in [0.15, 0.2) is 48.8 Å². The van der Waals surface area contributed by atoms with Crippen molar-refractivity contribution in [3.05, 3.63) is 58.8 Å². The number of benzene rings is 2. The molecule has 11 nitrogen and oxygen atoms in total. The van der Waals surface area contributed by atoms with E-state index in [0.717, 1.165) is 21.0 Å². The molecule has 0 fully saturated rings. The largest absolute Gasteiger partial charge is 0.497 e. The van der Waals surface area contributed by atoms with Gasteiger partial charge in [0, 0.05) is 17.2 Å². The first kappa shape index (κ1) is 22.6. The lowest BCUT2D eigenvalue weighted by molar-refractivity contribution is -0.137. The highest BCUT2D eigenvalue weighted by molar-refractivity contribution is 7.18. The number of aromatic nitrogens is 7. The van der Waals surface area contributed by atoms with Crippen molar-refractivity contribution >= 4 is 45.1 Å². The van der Waals surface area contributed by atoms with Gasteiger partial charge in [0.05, 0.1) is 47.0 Å². The molecule has 2 aromatic carbocycles. The first-order chi connectivity index (χ1) is 17.0. The Morgan fingerprint density at radius 1 is 1.17 bits per heavy atom. The number of anilines is 1. The van der Waals surface area contributed by atoms with Crippen LogP contribution in [0.5, 0.6) is 5.75 Å². The van der Waals surface area contributed by atoms with Crippen LogP contribution in [-0.2, 0) is 17.9 Å². The van der Waals surface area contributed by atoms with Gasteiger partial charge in [-0.05, 0) is 24.3 Å². The van der Waals surface area contributed by atoms with Gasteiger partial charge in [0.1, 0.15) is 23.0 Å². The zero-order valence-corrected chi connectivity index (χ0v) is 19.8. The number of methoxy groups -OCH3 is 1. The summed E-state index contributed by atoms with van der Waals surface area (Å²) in [5.74, 6) is 0.0789. The molecule has 0 amide bonds. The first-order valence-corrected chi connectivity index (χ1v) is 11.5. The van der Waals surface area contributed by atoms with Crippen molar-refractivity contribution in [3.8, 4) is 28.3 Å². The molecule has 5 aromatic rings. The fourth-order valence-corrected chi connectivity index (χ4v) is 4.45. The Morgan fingerprint density at radius 3 is 2.89 bits per heavy atom. The monoisotopic (exact) mass is 508 g/mol. The van der Waals surface area contributed by atoms with Gasteiger partial charge in [-0.25, -0.2) is 14.6 Å². The second-order valence-corrected chi connectivity index (χ2v) is 8.87. The Balaban J connectivity index is 1.36. The number of halogens is 1. The van der Waals surface area contributed by atoms with Crippen molar-refractivity contribution in [1.82, 2.24) is 35.2 Å². The van der Waals surface area contributed by atoms with Crippen LogP contribution in [0.25, 0.3) is 32.7 Å². The number of carboxylic acid groups (broad SMARTS) is 1. The molecule has 5 rings (SSSR count). The van der Waals surface area contributed by atoms with Gasteiger partial charge in [0.15, 0.2) is 0 Å². The summed E-state index contributed by atoms with van der Waals surface area (Å²) in [6.07, 6.45) is 3.07. The molecule has 0 aliphatic carbocycles. The third-order valence-corrected chi connectivity index (χ3v) is 6.34. The summed E-state index contributed by atoms with van der Waals surface area (Å²) in [4.78, 5) is 20.1. The minimum atomic E-state index is -1.00. The molecule has 35 heavy (non-hydrogen) atoms. The number of rotatable bonds is 8. The fourth-order valence-electron chi connectivity index (χ4n) is 3.35. The predicted molar refractivity (Wildman–Crippen MR) is 130 cm³/mol. The molecule has 0 saturated heterocycles. The van der Waals surface area contributed by atoms with Crippen LogP contribution in [-0.4, -0.2) is 53.3 Å². The van der Waals surface area contributed by atoms with E-state index in [1.54, 1.807) is 42.8 Å². The summed E-state index contributed by atoms with van der Waals surface area (Å²) in [5.41, 5.74) is 3.22. The maximum Gasteiger partial charge on any atom is 0.325 e. The molecule has 0 radical (unpaired) electrons. The van der Waals surface area contributed by atoms with E-state index in [2.05, 4.69) is 35.8 Å². The van der Waals surface area contributed by atoms with Crippen LogP contribution in [0.2, 0.25) is 5.02 Å². The molecule has 0 bridgehead atoms. The molecule has 0 aliphatic heterocycles. The summed E-state index contributed by atoms with van der Waals surface area (Å²) in [5, 5.41) is 29.4. The Morgan fingerprint density at radius 2 is 2.06 bits per heavy atom. The summed E-state index contributed by atoms with van der Waals surface area (Å²) < 4.78 is 7.56.